The Morgan fingerprint density at radius 1 is 0.788 bits per heavy atom. The fraction of sp³-hybridized carbons (Fsp3) is 0.0385. The third-order valence-corrected chi connectivity index (χ3v) is 4.90. The molecule has 0 heterocycles. The van der Waals surface area contributed by atoms with Crippen LogP contribution in [0.1, 0.15) is 15.9 Å². The average molecular weight is 449 g/mol. The van der Waals surface area contributed by atoms with E-state index >= 15 is 0 Å². The molecule has 1 amide bonds. The molecule has 0 radical (unpaired) electrons. The fourth-order valence-electron chi connectivity index (χ4n) is 3.28. The number of nitrogens with one attached hydrogen (secondary N) is 1. The fourth-order valence-corrected chi connectivity index (χ4v) is 3.28. The lowest BCUT2D eigenvalue weighted by Gasteiger charge is -2.17. The Labute approximate surface area is 187 Å². The maximum absolute atomic E-state index is 13.3. The number of hydrogen-bond acceptors (Lipinski definition) is 3. The van der Waals surface area contributed by atoms with Crippen LogP contribution >= 0.6 is 0 Å². The van der Waals surface area contributed by atoms with Crippen LogP contribution < -0.4 is 10.1 Å². The van der Waals surface area contributed by atoms with Gasteiger partial charge in [0.15, 0.2) is 5.75 Å². The quantitative estimate of drug-likeness (QED) is 0.341. The van der Waals surface area contributed by atoms with Gasteiger partial charge >= 0.3 is 6.18 Å². The van der Waals surface area contributed by atoms with Crippen molar-refractivity contribution < 1.29 is 27.8 Å². The molecule has 4 aromatic rings. The van der Waals surface area contributed by atoms with E-state index in [4.69, 9.17) is 4.74 Å². The van der Waals surface area contributed by atoms with E-state index in [2.05, 4.69) is 5.32 Å². The number of carbonyl (C=O) groups excluding carboxylic acids is 1. The zero-order chi connectivity index (χ0) is 23.4. The zero-order valence-electron chi connectivity index (χ0n) is 17.1. The minimum atomic E-state index is -4.62. The second-order valence-electron chi connectivity index (χ2n) is 7.14. The standard InChI is InChI=1S/C26H18F3NO3/c27-26(28,29)18-14-15-24(21(16-18)30-25(32)20-11-4-6-12-22(20)31)33-23-13-7-5-10-19(23)17-8-2-1-3-9-17/h1-16,31H,(H,30,32). The molecule has 0 aliphatic heterocycles. The van der Waals surface area contributed by atoms with Gasteiger partial charge in [0.05, 0.1) is 16.8 Å². The van der Waals surface area contributed by atoms with Crippen LogP contribution in [0.3, 0.4) is 0 Å². The van der Waals surface area contributed by atoms with Crippen LogP contribution in [0, 0.1) is 0 Å². The van der Waals surface area contributed by atoms with Crippen LogP contribution in [-0.2, 0) is 6.18 Å². The molecule has 0 aromatic heterocycles. The first-order chi connectivity index (χ1) is 15.8. The minimum absolute atomic E-state index is 0.0233. The highest BCUT2D eigenvalue weighted by Gasteiger charge is 2.31. The van der Waals surface area contributed by atoms with Gasteiger partial charge in [0, 0.05) is 5.56 Å². The van der Waals surface area contributed by atoms with Gasteiger partial charge in [-0.15, -0.1) is 0 Å². The van der Waals surface area contributed by atoms with Crippen molar-refractivity contribution in [2.45, 2.75) is 6.18 Å². The summed E-state index contributed by atoms with van der Waals surface area (Å²) >= 11 is 0. The third-order valence-electron chi connectivity index (χ3n) is 4.90. The first kappa shape index (κ1) is 22.0. The minimum Gasteiger partial charge on any atom is -0.507 e. The normalized spacial score (nSPS) is 11.1. The van der Waals surface area contributed by atoms with Crippen LogP contribution in [0.15, 0.2) is 97.1 Å². The van der Waals surface area contributed by atoms with E-state index in [0.29, 0.717) is 5.75 Å². The first-order valence-corrected chi connectivity index (χ1v) is 9.96. The smallest absolute Gasteiger partial charge is 0.416 e. The predicted molar refractivity (Wildman–Crippen MR) is 119 cm³/mol. The zero-order valence-corrected chi connectivity index (χ0v) is 17.1. The summed E-state index contributed by atoms with van der Waals surface area (Å²) in [7, 11) is 0. The van der Waals surface area contributed by atoms with Crippen molar-refractivity contribution in [3.05, 3.63) is 108 Å². The number of alkyl halides is 3. The summed E-state index contributed by atoms with van der Waals surface area (Å²) in [5, 5.41) is 12.4. The molecule has 4 nitrogen and oxygen atoms in total. The molecule has 0 bridgehead atoms. The highest BCUT2D eigenvalue weighted by molar-refractivity contribution is 6.06. The van der Waals surface area contributed by atoms with E-state index in [1.807, 2.05) is 42.5 Å². The molecule has 4 rings (SSSR count). The molecule has 0 saturated heterocycles. The van der Waals surface area contributed by atoms with E-state index in [9.17, 15) is 23.1 Å². The number of rotatable bonds is 5. The Morgan fingerprint density at radius 2 is 1.45 bits per heavy atom. The van der Waals surface area contributed by atoms with Crippen molar-refractivity contribution in [1.82, 2.24) is 0 Å². The van der Waals surface area contributed by atoms with Gasteiger partial charge in [-0.05, 0) is 42.0 Å². The van der Waals surface area contributed by atoms with Gasteiger partial charge in [-0.2, -0.15) is 13.2 Å². The molecule has 2 N–H and O–H groups in total. The number of hydrogen-bond donors (Lipinski definition) is 2. The van der Waals surface area contributed by atoms with Gasteiger partial charge < -0.3 is 15.2 Å². The molecule has 0 atom stereocenters. The summed E-state index contributed by atoms with van der Waals surface area (Å²) in [4.78, 5) is 12.7. The lowest BCUT2D eigenvalue weighted by molar-refractivity contribution is -0.137. The average Bonchev–Trinajstić information content (AvgIpc) is 2.80. The second-order valence-corrected chi connectivity index (χ2v) is 7.14. The van der Waals surface area contributed by atoms with Crippen molar-refractivity contribution in [3.63, 3.8) is 0 Å². The van der Waals surface area contributed by atoms with Crippen LogP contribution in [0.2, 0.25) is 0 Å². The molecule has 0 unspecified atom stereocenters. The Balaban J connectivity index is 1.74. The lowest BCUT2D eigenvalue weighted by Crippen LogP contribution is -2.14. The van der Waals surface area contributed by atoms with E-state index < -0.39 is 17.6 Å². The molecular formula is C26H18F3NO3. The van der Waals surface area contributed by atoms with E-state index in [1.165, 1.54) is 24.3 Å². The summed E-state index contributed by atoms with van der Waals surface area (Å²) in [6, 6.07) is 25.0. The van der Waals surface area contributed by atoms with Crippen LogP contribution in [0.25, 0.3) is 11.1 Å². The Morgan fingerprint density at radius 3 is 2.18 bits per heavy atom. The topological polar surface area (TPSA) is 58.6 Å². The van der Waals surface area contributed by atoms with Crippen LogP contribution in [0.4, 0.5) is 18.9 Å². The third kappa shape index (κ3) is 4.98. The molecule has 0 spiro atoms. The predicted octanol–water partition coefficient (Wildman–Crippen LogP) is 7.12. The van der Waals surface area contributed by atoms with E-state index in [-0.39, 0.29) is 22.7 Å². The number of halogens is 3. The molecule has 166 valence electrons. The number of para-hydroxylation sites is 2. The molecule has 33 heavy (non-hydrogen) atoms. The largest absolute Gasteiger partial charge is 0.507 e. The van der Waals surface area contributed by atoms with Gasteiger partial charge in [-0.3, -0.25) is 4.79 Å². The monoisotopic (exact) mass is 449 g/mol. The summed E-state index contributed by atoms with van der Waals surface area (Å²) in [5.74, 6) is -0.635. The number of amides is 1. The van der Waals surface area contributed by atoms with Crippen molar-refractivity contribution >= 4 is 11.6 Å². The summed E-state index contributed by atoms with van der Waals surface area (Å²) in [5.41, 5.74) is 0.390. The lowest BCUT2D eigenvalue weighted by atomic mass is 10.0. The highest BCUT2D eigenvalue weighted by atomic mass is 19.4. The molecule has 0 saturated carbocycles. The Hall–Kier alpha value is -4.26. The van der Waals surface area contributed by atoms with Crippen molar-refractivity contribution in [1.29, 1.82) is 0 Å². The maximum atomic E-state index is 13.3. The van der Waals surface area contributed by atoms with Crippen molar-refractivity contribution in [2.24, 2.45) is 0 Å². The molecule has 0 fully saturated rings. The molecular weight excluding hydrogens is 431 g/mol. The SMILES string of the molecule is O=C(Nc1cc(C(F)(F)F)ccc1Oc1ccccc1-c1ccccc1)c1ccccc1O. The number of phenols is 1. The van der Waals surface area contributed by atoms with Gasteiger partial charge in [0.25, 0.3) is 5.91 Å². The van der Waals surface area contributed by atoms with Gasteiger partial charge in [0.1, 0.15) is 11.5 Å². The number of phenolic OH excluding ortho intramolecular Hbond substituents is 1. The maximum Gasteiger partial charge on any atom is 0.416 e. The van der Waals surface area contributed by atoms with Crippen LogP contribution in [0.5, 0.6) is 17.2 Å². The van der Waals surface area contributed by atoms with E-state index in [1.54, 1.807) is 12.1 Å². The number of benzene rings is 4. The number of aromatic hydroxyl groups is 1. The number of carbonyl (C=O) groups is 1. The number of ether oxygens (including phenoxy) is 1. The van der Waals surface area contributed by atoms with Gasteiger partial charge in [0.2, 0.25) is 0 Å². The second kappa shape index (κ2) is 9.08. The first-order valence-electron chi connectivity index (χ1n) is 9.96. The molecule has 0 aliphatic carbocycles. The summed E-state index contributed by atoms with van der Waals surface area (Å²) in [6.07, 6.45) is -4.62. The molecule has 7 heteroatoms. The van der Waals surface area contributed by atoms with Gasteiger partial charge in [-0.25, -0.2) is 0 Å². The van der Waals surface area contributed by atoms with Crippen LogP contribution in [-0.4, -0.2) is 11.0 Å². The molecule has 0 aliphatic rings. The highest BCUT2D eigenvalue weighted by Crippen LogP contribution is 2.39. The van der Waals surface area contributed by atoms with Crippen molar-refractivity contribution in [2.75, 3.05) is 5.32 Å². The van der Waals surface area contributed by atoms with Gasteiger partial charge in [-0.1, -0.05) is 60.7 Å². The number of anilines is 1. The molecule has 4 aromatic carbocycles. The Bertz CT molecular complexity index is 1290. The summed E-state index contributed by atoms with van der Waals surface area (Å²) < 4.78 is 46.0. The Kier molecular flexibility index (Phi) is 6.04. The van der Waals surface area contributed by atoms with E-state index in [0.717, 1.165) is 29.3 Å². The summed E-state index contributed by atoms with van der Waals surface area (Å²) in [6.45, 7) is 0. The van der Waals surface area contributed by atoms with Crippen molar-refractivity contribution in [3.8, 4) is 28.4 Å².